The van der Waals surface area contributed by atoms with Crippen LogP contribution < -0.4 is 10.6 Å². The first kappa shape index (κ1) is 13.1. The van der Waals surface area contributed by atoms with Gasteiger partial charge < -0.3 is 5.32 Å². The molecule has 1 aliphatic rings. The van der Waals surface area contributed by atoms with Gasteiger partial charge in [0.2, 0.25) is 0 Å². The number of anilines is 1. The van der Waals surface area contributed by atoms with Crippen LogP contribution in [0.3, 0.4) is 0 Å². The van der Waals surface area contributed by atoms with E-state index in [0.29, 0.717) is 5.69 Å². The fraction of sp³-hybridized carbons (Fsp3) is 0.375. The molecule has 0 bridgehead atoms. The maximum Gasteiger partial charge on any atom is 0.523 e. The minimum atomic E-state index is -5.65. The van der Waals surface area contributed by atoms with Gasteiger partial charge in [-0.2, -0.15) is 21.6 Å². The summed E-state index contributed by atoms with van der Waals surface area (Å²) in [6.07, 6.45) is 1.30. The fourth-order valence-corrected chi connectivity index (χ4v) is 1.93. The van der Waals surface area contributed by atoms with Crippen LogP contribution in [0, 0.1) is 0 Å². The summed E-state index contributed by atoms with van der Waals surface area (Å²) in [4.78, 5) is 3.76. The normalized spacial score (nSPS) is 20.1. The SMILES string of the molecule is O=S(=O)(OC1NCNc2cnccc21)C(F)(F)F. The molecule has 100 valence electrons. The average Bonchev–Trinajstić information content (AvgIpc) is 2.27. The molecule has 0 radical (unpaired) electrons. The predicted octanol–water partition coefficient (Wildman–Crippen LogP) is 0.919. The molecule has 1 aromatic heterocycles. The molecule has 2 rings (SSSR count). The molecule has 1 atom stereocenters. The molecule has 0 spiro atoms. The van der Waals surface area contributed by atoms with Gasteiger partial charge in [0.15, 0.2) is 6.23 Å². The largest absolute Gasteiger partial charge is 0.523 e. The molecular formula is C8H8F3N3O3S. The lowest BCUT2D eigenvalue weighted by Gasteiger charge is -2.27. The monoisotopic (exact) mass is 283 g/mol. The summed E-state index contributed by atoms with van der Waals surface area (Å²) in [5.74, 6) is 0. The van der Waals surface area contributed by atoms with Crippen LogP contribution in [-0.4, -0.2) is 25.6 Å². The van der Waals surface area contributed by atoms with Crippen molar-refractivity contribution >= 4 is 15.8 Å². The van der Waals surface area contributed by atoms with Crippen molar-refractivity contribution in [2.45, 2.75) is 11.7 Å². The Bertz CT molecular complexity index is 546. The van der Waals surface area contributed by atoms with Gasteiger partial charge in [-0.1, -0.05) is 0 Å². The second kappa shape index (κ2) is 4.37. The van der Waals surface area contributed by atoms with Crippen LogP contribution >= 0.6 is 0 Å². The Morgan fingerprint density at radius 1 is 1.44 bits per heavy atom. The smallest absolute Gasteiger partial charge is 0.371 e. The number of rotatable bonds is 2. The van der Waals surface area contributed by atoms with Crippen molar-refractivity contribution in [3.8, 4) is 0 Å². The van der Waals surface area contributed by atoms with E-state index in [1.165, 1.54) is 18.5 Å². The number of nitrogens with one attached hydrogen (secondary N) is 2. The standard InChI is InChI=1S/C8H8F3N3O3S/c9-8(10,11)18(15,16)17-7-5-1-2-12-3-6(5)13-4-14-7/h1-3,7,13-14H,4H2. The van der Waals surface area contributed by atoms with E-state index in [4.69, 9.17) is 0 Å². The van der Waals surface area contributed by atoms with Crippen LogP contribution in [-0.2, 0) is 14.3 Å². The number of halogens is 3. The van der Waals surface area contributed by atoms with Crippen molar-refractivity contribution in [1.82, 2.24) is 10.3 Å². The van der Waals surface area contributed by atoms with Crippen LogP contribution in [0.5, 0.6) is 0 Å². The number of hydrogen-bond acceptors (Lipinski definition) is 6. The second-order valence-corrected chi connectivity index (χ2v) is 4.96. The molecule has 2 N–H and O–H groups in total. The first-order valence-electron chi connectivity index (χ1n) is 4.72. The van der Waals surface area contributed by atoms with E-state index in [-0.39, 0.29) is 12.2 Å². The van der Waals surface area contributed by atoms with Crippen molar-refractivity contribution in [2.75, 3.05) is 12.0 Å². The van der Waals surface area contributed by atoms with Gasteiger partial charge in [-0.15, -0.1) is 0 Å². The van der Waals surface area contributed by atoms with Crippen LogP contribution in [0.1, 0.15) is 11.8 Å². The average molecular weight is 283 g/mol. The molecule has 18 heavy (non-hydrogen) atoms. The summed E-state index contributed by atoms with van der Waals surface area (Å²) in [5, 5.41) is 5.25. The molecule has 0 amide bonds. The van der Waals surface area contributed by atoms with Gasteiger partial charge >= 0.3 is 15.6 Å². The summed E-state index contributed by atoms with van der Waals surface area (Å²) in [5.41, 5.74) is -4.80. The number of alkyl halides is 3. The Hall–Kier alpha value is -1.39. The summed E-state index contributed by atoms with van der Waals surface area (Å²) in [6, 6.07) is 1.37. The van der Waals surface area contributed by atoms with E-state index in [9.17, 15) is 21.6 Å². The van der Waals surface area contributed by atoms with E-state index >= 15 is 0 Å². The fourth-order valence-electron chi connectivity index (χ4n) is 1.40. The van der Waals surface area contributed by atoms with Crippen molar-refractivity contribution < 1.29 is 25.8 Å². The number of hydrogen-bond donors (Lipinski definition) is 2. The lowest BCUT2D eigenvalue weighted by molar-refractivity contribution is -0.0587. The van der Waals surface area contributed by atoms with Crippen LogP contribution in [0.2, 0.25) is 0 Å². The van der Waals surface area contributed by atoms with Crippen molar-refractivity contribution in [3.63, 3.8) is 0 Å². The Morgan fingerprint density at radius 2 is 2.17 bits per heavy atom. The summed E-state index contributed by atoms with van der Waals surface area (Å²) >= 11 is 0. The third-order valence-electron chi connectivity index (χ3n) is 2.21. The molecule has 1 unspecified atom stereocenters. The molecule has 10 heteroatoms. The summed E-state index contributed by atoms with van der Waals surface area (Å²) in [6.45, 7) is 0.0662. The van der Waals surface area contributed by atoms with E-state index in [1.807, 2.05) is 0 Å². The zero-order chi connectivity index (χ0) is 13.4. The quantitative estimate of drug-likeness (QED) is 0.620. The van der Waals surface area contributed by atoms with Crippen LogP contribution in [0.4, 0.5) is 18.9 Å². The third-order valence-corrected chi connectivity index (χ3v) is 3.22. The summed E-state index contributed by atoms with van der Waals surface area (Å²) in [7, 11) is -5.65. The zero-order valence-electron chi connectivity index (χ0n) is 8.73. The minimum absolute atomic E-state index is 0.0662. The lowest BCUT2D eigenvalue weighted by atomic mass is 10.2. The Kier molecular flexibility index (Phi) is 3.17. The molecule has 0 aliphatic carbocycles. The molecular weight excluding hydrogens is 275 g/mol. The maximum atomic E-state index is 12.2. The van der Waals surface area contributed by atoms with Gasteiger partial charge in [-0.05, 0) is 6.07 Å². The molecule has 0 saturated heterocycles. The lowest BCUT2D eigenvalue weighted by Crippen LogP contribution is -2.38. The van der Waals surface area contributed by atoms with Crippen LogP contribution in [0.25, 0.3) is 0 Å². The Morgan fingerprint density at radius 3 is 2.83 bits per heavy atom. The highest BCUT2D eigenvalue weighted by Crippen LogP contribution is 2.32. The van der Waals surface area contributed by atoms with E-state index in [2.05, 4.69) is 19.8 Å². The number of fused-ring (bicyclic) bond motifs is 1. The number of nitrogens with zero attached hydrogens (tertiary/aromatic N) is 1. The van der Waals surface area contributed by atoms with Crippen molar-refractivity contribution in [3.05, 3.63) is 24.0 Å². The van der Waals surface area contributed by atoms with Gasteiger partial charge in [-0.3, -0.25) is 10.3 Å². The van der Waals surface area contributed by atoms with E-state index < -0.39 is 21.9 Å². The molecule has 1 aromatic rings. The van der Waals surface area contributed by atoms with Crippen molar-refractivity contribution in [2.24, 2.45) is 0 Å². The molecule has 6 nitrogen and oxygen atoms in total. The number of aromatic nitrogens is 1. The minimum Gasteiger partial charge on any atom is -0.371 e. The molecule has 0 fully saturated rings. The van der Waals surface area contributed by atoms with Gasteiger partial charge in [0.25, 0.3) is 0 Å². The first-order chi connectivity index (χ1) is 8.31. The number of pyridine rings is 1. The highest BCUT2D eigenvalue weighted by molar-refractivity contribution is 7.87. The highest BCUT2D eigenvalue weighted by atomic mass is 32.2. The van der Waals surface area contributed by atoms with Crippen molar-refractivity contribution in [1.29, 1.82) is 0 Å². The highest BCUT2D eigenvalue weighted by Gasteiger charge is 2.49. The van der Waals surface area contributed by atoms with E-state index in [0.717, 1.165) is 0 Å². The van der Waals surface area contributed by atoms with Crippen LogP contribution in [0.15, 0.2) is 18.5 Å². The Balaban J connectivity index is 2.28. The third kappa shape index (κ3) is 2.40. The van der Waals surface area contributed by atoms with Gasteiger partial charge in [0.05, 0.1) is 18.6 Å². The molecule has 1 aliphatic heterocycles. The Labute approximate surface area is 100 Å². The van der Waals surface area contributed by atoms with Gasteiger partial charge in [0.1, 0.15) is 0 Å². The van der Waals surface area contributed by atoms with Gasteiger partial charge in [0, 0.05) is 11.8 Å². The predicted molar refractivity (Wildman–Crippen MR) is 54.7 cm³/mol. The summed E-state index contributed by atoms with van der Waals surface area (Å²) < 4.78 is 62.5. The van der Waals surface area contributed by atoms with E-state index in [1.54, 1.807) is 0 Å². The molecule has 2 heterocycles. The second-order valence-electron chi connectivity index (χ2n) is 3.40. The maximum absolute atomic E-state index is 12.2. The zero-order valence-corrected chi connectivity index (χ0v) is 9.55. The molecule has 0 saturated carbocycles. The van der Waals surface area contributed by atoms with Gasteiger partial charge in [-0.25, -0.2) is 4.18 Å². The topological polar surface area (TPSA) is 80.3 Å². The first-order valence-corrected chi connectivity index (χ1v) is 6.13. The molecule has 0 aromatic carbocycles.